The molecule has 1 heterocycles. The van der Waals surface area contributed by atoms with Gasteiger partial charge in [-0.25, -0.2) is 4.98 Å². The summed E-state index contributed by atoms with van der Waals surface area (Å²) in [5.41, 5.74) is 0.334. The van der Waals surface area contributed by atoms with Crippen molar-refractivity contribution in [1.29, 1.82) is 0 Å². The van der Waals surface area contributed by atoms with Crippen LogP contribution in [0.4, 0.5) is 13.2 Å². The highest BCUT2D eigenvalue weighted by Crippen LogP contribution is 2.29. The molecule has 0 unspecified atom stereocenters. The predicted molar refractivity (Wildman–Crippen MR) is 77.8 cm³/mol. The number of carbonyl (C=O) groups excluding carboxylic acids is 1. The lowest BCUT2D eigenvalue weighted by Crippen LogP contribution is -2.24. The fourth-order valence-electron chi connectivity index (χ4n) is 1.98. The lowest BCUT2D eigenvalue weighted by Gasteiger charge is -2.09. The molecule has 122 valence electrons. The molecule has 0 aliphatic heterocycles. The molecule has 0 fully saturated rings. The van der Waals surface area contributed by atoms with Crippen LogP contribution in [-0.4, -0.2) is 18.0 Å². The highest BCUT2D eigenvalue weighted by Gasteiger charge is 2.30. The fraction of sp³-hybridized carbons (Fsp3) is 0.250. The summed E-state index contributed by atoms with van der Waals surface area (Å²) in [6, 6.07) is 8.13. The molecule has 1 aromatic heterocycles. The molecule has 2 rings (SSSR count). The maximum atomic E-state index is 12.6. The summed E-state index contributed by atoms with van der Waals surface area (Å²) in [7, 11) is 1.48. The molecule has 0 aliphatic carbocycles. The number of alkyl halides is 3. The van der Waals surface area contributed by atoms with Gasteiger partial charge in [0.2, 0.25) is 11.8 Å². The van der Waals surface area contributed by atoms with Gasteiger partial charge in [-0.3, -0.25) is 4.79 Å². The number of hydrogen-bond donors (Lipinski definition) is 1. The molecule has 0 bridgehead atoms. The Kier molecular flexibility index (Phi) is 5.20. The third-order valence-electron chi connectivity index (χ3n) is 3.12. The maximum Gasteiger partial charge on any atom is 0.416 e. The van der Waals surface area contributed by atoms with Crippen molar-refractivity contribution in [2.75, 3.05) is 7.11 Å². The summed E-state index contributed by atoms with van der Waals surface area (Å²) in [6.07, 6.45) is -2.99. The van der Waals surface area contributed by atoms with Crippen LogP contribution in [0.1, 0.15) is 16.7 Å². The van der Waals surface area contributed by atoms with Gasteiger partial charge in [0.15, 0.2) is 0 Å². The number of nitrogens with zero attached hydrogens (tertiary/aromatic N) is 1. The SMILES string of the molecule is COc1cc(CNC(=O)Cc2cccc(C(F)(F)F)c2)ccn1. The van der Waals surface area contributed by atoms with Gasteiger partial charge in [0.1, 0.15) is 0 Å². The second-order valence-electron chi connectivity index (χ2n) is 4.86. The van der Waals surface area contributed by atoms with E-state index in [0.717, 1.165) is 17.7 Å². The predicted octanol–water partition coefficient (Wildman–Crippen LogP) is 2.97. The Morgan fingerprint density at radius 1 is 1.22 bits per heavy atom. The number of nitrogens with one attached hydrogen (secondary N) is 1. The van der Waals surface area contributed by atoms with Crippen LogP contribution in [0.15, 0.2) is 42.6 Å². The quantitative estimate of drug-likeness (QED) is 0.920. The average molecular weight is 324 g/mol. The normalized spacial score (nSPS) is 11.1. The summed E-state index contributed by atoms with van der Waals surface area (Å²) in [5, 5.41) is 2.65. The van der Waals surface area contributed by atoms with Gasteiger partial charge < -0.3 is 10.1 Å². The first-order valence-electron chi connectivity index (χ1n) is 6.80. The number of hydrogen-bond acceptors (Lipinski definition) is 3. The van der Waals surface area contributed by atoms with Gasteiger partial charge in [-0.1, -0.05) is 18.2 Å². The minimum Gasteiger partial charge on any atom is -0.481 e. The highest BCUT2D eigenvalue weighted by atomic mass is 19.4. The monoisotopic (exact) mass is 324 g/mol. The van der Waals surface area contributed by atoms with Gasteiger partial charge in [0, 0.05) is 18.8 Å². The summed E-state index contributed by atoms with van der Waals surface area (Å²) >= 11 is 0. The zero-order chi connectivity index (χ0) is 16.9. The molecule has 1 amide bonds. The van der Waals surface area contributed by atoms with E-state index in [1.165, 1.54) is 19.2 Å². The summed E-state index contributed by atoms with van der Waals surface area (Å²) in [4.78, 5) is 15.8. The van der Waals surface area contributed by atoms with Crippen LogP contribution in [0.2, 0.25) is 0 Å². The van der Waals surface area contributed by atoms with Gasteiger partial charge in [0.25, 0.3) is 0 Å². The second kappa shape index (κ2) is 7.13. The Morgan fingerprint density at radius 3 is 2.70 bits per heavy atom. The zero-order valence-corrected chi connectivity index (χ0v) is 12.4. The molecular weight excluding hydrogens is 309 g/mol. The smallest absolute Gasteiger partial charge is 0.416 e. The van der Waals surface area contributed by atoms with Gasteiger partial charge in [-0.05, 0) is 23.3 Å². The number of benzene rings is 1. The molecule has 4 nitrogen and oxygen atoms in total. The van der Waals surface area contributed by atoms with Crippen LogP contribution in [0, 0.1) is 0 Å². The van der Waals surface area contributed by atoms with Crippen molar-refractivity contribution in [2.24, 2.45) is 0 Å². The molecule has 0 saturated heterocycles. The van der Waals surface area contributed by atoms with E-state index in [-0.39, 0.29) is 18.9 Å². The van der Waals surface area contributed by atoms with E-state index in [1.54, 1.807) is 18.3 Å². The maximum absolute atomic E-state index is 12.6. The van der Waals surface area contributed by atoms with Crippen molar-refractivity contribution in [3.63, 3.8) is 0 Å². The third kappa shape index (κ3) is 4.98. The Bertz CT molecular complexity index is 687. The molecule has 0 atom stereocenters. The van der Waals surface area contributed by atoms with Crippen molar-refractivity contribution in [3.05, 3.63) is 59.3 Å². The number of aromatic nitrogens is 1. The molecule has 0 aliphatic rings. The minimum atomic E-state index is -4.42. The van der Waals surface area contributed by atoms with E-state index in [4.69, 9.17) is 4.74 Å². The molecule has 23 heavy (non-hydrogen) atoms. The number of halogens is 3. The number of amides is 1. The van der Waals surface area contributed by atoms with Crippen molar-refractivity contribution in [2.45, 2.75) is 19.1 Å². The van der Waals surface area contributed by atoms with Crippen molar-refractivity contribution in [3.8, 4) is 5.88 Å². The molecule has 0 saturated carbocycles. The Labute approximate surface area is 131 Å². The van der Waals surface area contributed by atoms with Crippen LogP contribution in [0.25, 0.3) is 0 Å². The van der Waals surface area contributed by atoms with Crippen molar-refractivity contribution < 1.29 is 22.7 Å². The van der Waals surface area contributed by atoms with Crippen LogP contribution in [0.3, 0.4) is 0 Å². The average Bonchev–Trinajstić information content (AvgIpc) is 2.52. The first kappa shape index (κ1) is 16.8. The first-order chi connectivity index (χ1) is 10.9. The number of carbonyl (C=O) groups is 1. The van der Waals surface area contributed by atoms with E-state index < -0.39 is 11.7 Å². The van der Waals surface area contributed by atoms with Crippen LogP contribution in [-0.2, 0) is 23.9 Å². The molecule has 1 N–H and O–H groups in total. The van der Waals surface area contributed by atoms with E-state index in [0.29, 0.717) is 11.4 Å². The molecule has 7 heteroatoms. The summed E-state index contributed by atoms with van der Waals surface area (Å²) in [5.74, 6) is 0.0646. The van der Waals surface area contributed by atoms with E-state index in [1.807, 2.05) is 0 Å². The van der Waals surface area contributed by atoms with Gasteiger partial charge in [-0.2, -0.15) is 13.2 Å². The van der Waals surface area contributed by atoms with Gasteiger partial charge >= 0.3 is 6.18 Å². The standard InChI is InChI=1S/C16H15F3N2O2/c1-23-15-9-12(5-6-20-15)10-21-14(22)8-11-3-2-4-13(7-11)16(17,18)19/h2-7,9H,8,10H2,1H3,(H,21,22). The molecule has 0 radical (unpaired) electrons. The molecule has 0 spiro atoms. The Morgan fingerprint density at radius 2 is 2.00 bits per heavy atom. The van der Waals surface area contributed by atoms with E-state index in [9.17, 15) is 18.0 Å². The van der Waals surface area contributed by atoms with Gasteiger partial charge in [0.05, 0.1) is 19.1 Å². The summed E-state index contributed by atoms with van der Waals surface area (Å²) < 4.78 is 42.9. The van der Waals surface area contributed by atoms with Crippen LogP contribution < -0.4 is 10.1 Å². The van der Waals surface area contributed by atoms with Crippen LogP contribution in [0.5, 0.6) is 5.88 Å². The fourth-order valence-corrected chi connectivity index (χ4v) is 1.98. The Hall–Kier alpha value is -2.57. The zero-order valence-electron chi connectivity index (χ0n) is 12.4. The third-order valence-corrected chi connectivity index (χ3v) is 3.12. The van der Waals surface area contributed by atoms with E-state index >= 15 is 0 Å². The lowest BCUT2D eigenvalue weighted by molar-refractivity contribution is -0.137. The van der Waals surface area contributed by atoms with E-state index in [2.05, 4.69) is 10.3 Å². The topological polar surface area (TPSA) is 51.2 Å². The van der Waals surface area contributed by atoms with Crippen molar-refractivity contribution >= 4 is 5.91 Å². The van der Waals surface area contributed by atoms with Crippen molar-refractivity contribution in [1.82, 2.24) is 10.3 Å². The highest BCUT2D eigenvalue weighted by molar-refractivity contribution is 5.78. The summed E-state index contributed by atoms with van der Waals surface area (Å²) in [6.45, 7) is 0.247. The number of pyridine rings is 1. The number of ether oxygens (including phenoxy) is 1. The molecular formula is C16H15F3N2O2. The number of methoxy groups -OCH3 is 1. The lowest BCUT2D eigenvalue weighted by atomic mass is 10.1. The van der Waals surface area contributed by atoms with Crippen LogP contribution >= 0.6 is 0 Å². The van der Waals surface area contributed by atoms with Gasteiger partial charge in [-0.15, -0.1) is 0 Å². The second-order valence-corrected chi connectivity index (χ2v) is 4.86. The molecule has 2 aromatic rings. The Balaban J connectivity index is 1.94. The largest absolute Gasteiger partial charge is 0.481 e. The number of rotatable bonds is 5. The minimum absolute atomic E-state index is 0.119. The molecule has 1 aromatic carbocycles. The first-order valence-corrected chi connectivity index (χ1v) is 6.80.